The molecule has 6 heteroatoms. The molecule has 0 aromatic heterocycles. The summed E-state index contributed by atoms with van der Waals surface area (Å²) in [6.07, 6.45) is -0.0970. The summed E-state index contributed by atoms with van der Waals surface area (Å²) in [6, 6.07) is 17.7. The Morgan fingerprint density at radius 2 is 1.83 bits per heavy atom. The monoisotopic (exact) mass is 342 g/mol. The molecule has 1 fully saturated rings. The largest absolute Gasteiger partial charge is 0.372 e. The Morgan fingerprint density at radius 3 is 2.54 bits per heavy atom. The van der Waals surface area contributed by atoms with Gasteiger partial charge in [0.05, 0.1) is 18.8 Å². The van der Waals surface area contributed by atoms with Gasteiger partial charge in [-0.15, -0.1) is 0 Å². The van der Waals surface area contributed by atoms with Gasteiger partial charge in [-0.25, -0.2) is 0 Å². The molecule has 0 radical (unpaired) electrons. The molecule has 0 N–H and O–H groups in total. The van der Waals surface area contributed by atoms with E-state index >= 15 is 0 Å². The van der Waals surface area contributed by atoms with Crippen LogP contribution in [0.15, 0.2) is 59.7 Å². The Labute approximate surface area is 146 Å². The topological polar surface area (TPSA) is 61.2 Å². The van der Waals surface area contributed by atoms with E-state index < -0.39 is 0 Å². The lowest BCUT2D eigenvalue weighted by molar-refractivity contribution is 0.0383. The molecule has 124 valence electrons. The molecule has 1 heterocycles. The lowest BCUT2D eigenvalue weighted by Gasteiger charge is -2.16. The molecule has 0 bridgehead atoms. The molecule has 1 aliphatic heterocycles. The minimum atomic E-state index is -0.161. The molecule has 24 heavy (non-hydrogen) atoms. The number of hydrogen-bond acceptors (Lipinski definition) is 3. The highest BCUT2D eigenvalue weighted by atomic mass is 35.5. The normalized spacial score (nSPS) is 20.7. The van der Waals surface area contributed by atoms with Crippen LogP contribution in [0, 0.1) is 0 Å². The maximum atomic E-state index is 8.81. The molecule has 2 aromatic rings. The van der Waals surface area contributed by atoms with Gasteiger partial charge in [0, 0.05) is 29.6 Å². The van der Waals surface area contributed by atoms with E-state index in [2.05, 4.69) is 27.1 Å². The van der Waals surface area contributed by atoms with Crippen LogP contribution >= 0.6 is 11.6 Å². The lowest BCUT2D eigenvalue weighted by atomic mass is 10.2. The van der Waals surface area contributed by atoms with Crippen LogP contribution < -0.4 is 0 Å². The molecular formula is C18H19ClN4O. The fourth-order valence-electron chi connectivity index (χ4n) is 2.93. The van der Waals surface area contributed by atoms with E-state index in [4.69, 9.17) is 21.9 Å². The zero-order chi connectivity index (χ0) is 16.8. The molecule has 0 unspecified atom stereocenters. The van der Waals surface area contributed by atoms with Crippen molar-refractivity contribution in [2.45, 2.75) is 25.3 Å². The first kappa shape index (κ1) is 16.8. The third kappa shape index (κ3) is 4.49. The summed E-state index contributed by atoms with van der Waals surface area (Å²) in [4.78, 5) is 5.24. The van der Waals surface area contributed by atoms with Crippen molar-refractivity contribution >= 4 is 11.6 Å². The number of nitrogens with zero attached hydrogens (tertiary/aromatic N) is 4. The average molecular weight is 343 g/mol. The van der Waals surface area contributed by atoms with E-state index in [-0.39, 0.29) is 12.1 Å². The predicted octanol–water partition coefficient (Wildman–Crippen LogP) is 4.42. The fourth-order valence-corrected chi connectivity index (χ4v) is 3.05. The van der Waals surface area contributed by atoms with Gasteiger partial charge in [-0.3, -0.25) is 4.90 Å². The molecule has 0 aliphatic carbocycles. The standard InChI is InChI=1S/C18H19ClN4O/c19-16-8-6-15(7-9-16)13-24-18-12-23(11-17(18)21-22-20)10-14-4-2-1-3-5-14/h1-9,17-18H,10-13H2/t17-,18-/m1/s1. The molecule has 5 nitrogen and oxygen atoms in total. The maximum Gasteiger partial charge on any atom is 0.0803 e. The second-order valence-electron chi connectivity index (χ2n) is 5.93. The first-order chi connectivity index (χ1) is 11.7. The third-order valence-electron chi connectivity index (χ3n) is 4.14. The Morgan fingerprint density at radius 1 is 1.08 bits per heavy atom. The van der Waals surface area contributed by atoms with Gasteiger partial charge in [-0.2, -0.15) is 0 Å². The average Bonchev–Trinajstić information content (AvgIpc) is 2.97. The van der Waals surface area contributed by atoms with Crippen LogP contribution in [0.1, 0.15) is 11.1 Å². The Hall–Kier alpha value is -2.04. The summed E-state index contributed by atoms with van der Waals surface area (Å²) in [7, 11) is 0. The predicted molar refractivity (Wildman–Crippen MR) is 94.7 cm³/mol. The summed E-state index contributed by atoms with van der Waals surface area (Å²) in [5.74, 6) is 0. The molecule has 2 atom stereocenters. The van der Waals surface area contributed by atoms with Crippen LogP contribution in [0.3, 0.4) is 0 Å². The summed E-state index contributed by atoms with van der Waals surface area (Å²) in [5.41, 5.74) is 11.1. The van der Waals surface area contributed by atoms with E-state index in [0.29, 0.717) is 18.2 Å². The Bertz CT molecular complexity index is 701. The van der Waals surface area contributed by atoms with Crippen LogP contribution in [-0.2, 0) is 17.9 Å². The van der Waals surface area contributed by atoms with Gasteiger partial charge < -0.3 is 4.74 Å². The first-order valence-corrected chi connectivity index (χ1v) is 8.29. The van der Waals surface area contributed by atoms with Crippen molar-refractivity contribution < 1.29 is 4.74 Å². The van der Waals surface area contributed by atoms with Crippen LogP contribution in [0.25, 0.3) is 10.4 Å². The quantitative estimate of drug-likeness (QED) is 0.443. The number of likely N-dealkylation sites (tertiary alicyclic amines) is 1. The van der Waals surface area contributed by atoms with Gasteiger partial charge in [0.2, 0.25) is 0 Å². The van der Waals surface area contributed by atoms with Crippen molar-refractivity contribution in [3.05, 3.63) is 81.2 Å². The van der Waals surface area contributed by atoms with Gasteiger partial charge in [0.25, 0.3) is 0 Å². The van der Waals surface area contributed by atoms with Crippen LogP contribution in [0.4, 0.5) is 0 Å². The highest BCUT2D eigenvalue weighted by Crippen LogP contribution is 2.21. The SMILES string of the molecule is [N-]=[N+]=N[C@@H]1CN(Cc2ccccc2)C[C@H]1OCc1ccc(Cl)cc1. The van der Waals surface area contributed by atoms with Gasteiger partial charge >= 0.3 is 0 Å². The van der Waals surface area contributed by atoms with Gasteiger partial charge in [0.15, 0.2) is 0 Å². The van der Waals surface area contributed by atoms with Crippen molar-refractivity contribution in [1.29, 1.82) is 0 Å². The van der Waals surface area contributed by atoms with Gasteiger partial charge in [-0.05, 0) is 28.8 Å². The second-order valence-corrected chi connectivity index (χ2v) is 6.36. The highest BCUT2D eigenvalue weighted by Gasteiger charge is 2.32. The summed E-state index contributed by atoms with van der Waals surface area (Å²) >= 11 is 5.90. The zero-order valence-electron chi connectivity index (χ0n) is 13.3. The number of benzene rings is 2. The van der Waals surface area contributed by atoms with E-state index in [9.17, 15) is 0 Å². The summed E-state index contributed by atoms with van der Waals surface area (Å²) in [6.45, 7) is 2.79. The molecule has 0 amide bonds. The van der Waals surface area contributed by atoms with Crippen molar-refractivity contribution in [2.24, 2.45) is 5.11 Å². The Balaban J connectivity index is 1.60. The van der Waals surface area contributed by atoms with Crippen molar-refractivity contribution in [3.63, 3.8) is 0 Å². The molecule has 3 rings (SSSR count). The highest BCUT2D eigenvalue weighted by molar-refractivity contribution is 6.30. The van der Waals surface area contributed by atoms with E-state index in [1.54, 1.807) is 0 Å². The third-order valence-corrected chi connectivity index (χ3v) is 4.39. The number of rotatable bonds is 6. The maximum absolute atomic E-state index is 8.81. The number of hydrogen-bond donors (Lipinski definition) is 0. The van der Waals surface area contributed by atoms with Crippen molar-refractivity contribution in [2.75, 3.05) is 13.1 Å². The number of azide groups is 1. The molecular weight excluding hydrogens is 324 g/mol. The minimum Gasteiger partial charge on any atom is -0.372 e. The molecule has 1 aliphatic rings. The molecule has 2 aromatic carbocycles. The Kier molecular flexibility index (Phi) is 5.72. The minimum absolute atomic E-state index is 0.0970. The second kappa shape index (κ2) is 8.18. The van der Waals surface area contributed by atoms with Gasteiger partial charge in [-0.1, -0.05) is 59.2 Å². The van der Waals surface area contributed by atoms with E-state index in [0.717, 1.165) is 18.7 Å². The van der Waals surface area contributed by atoms with Crippen LogP contribution in [0.2, 0.25) is 5.02 Å². The fraction of sp³-hybridized carbons (Fsp3) is 0.333. The van der Waals surface area contributed by atoms with E-state index in [1.807, 2.05) is 42.5 Å². The summed E-state index contributed by atoms with van der Waals surface area (Å²) in [5, 5.41) is 4.62. The first-order valence-electron chi connectivity index (χ1n) is 7.91. The lowest BCUT2D eigenvalue weighted by Crippen LogP contribution is -2.25. The zero-order valence-corrected chi connectivity index (χ0v) is 14.0. The van der Waals surface area contributed by atoms with E-state index in [1.165, 1.54) is 5.56 Å². The smallest absolute Gasteiger partial charge is 0.0803 e. The molecule has 0 spiro atoms. The summed E-state index contributed by atoms with van der Waals surface area (Å²) < 4.78 is 6.01. The van der Waals surface area contributed by atoms with Crippen molar-refractivity contribution in [1.82, 2.24) is 4.90 Å². The number of halogens is 1. The van der Waals surface area contributed by atoms with Crippen LogP contribution in [-0.4, -0.2) is 30.1 Å². The van der Waals surface area contributed by atoms with Crippen LogP contribution in [0.5, 0.6) is 0 Å². The van der Waals surface area contributed by atoms with Gasteiger partial charge in [0.1, 0.15) is 0 Å². The molecule has 0 saturated carbocycles. The molecule has 1 saturated heterocycles. The van der Waals surface area contributed by atoms with Crippen molar-refractivity contribution in [3.8, 4) is 0 Å². The number of ether oxygens (including phenoxy) is 1.